The highest BCUT2D eigenvalue weighted by molar-refractivity contribution is 7.13. The van der Waals surface area contributed by atoms with Crippen LogP contribution in [0.2, 0.25) is 0 Å². The van der Waals surface area contributed by atoms with Gasteiger partial charge in [-0.05, 0) is 79.7 Å². The summed E-state index contributed by atoms with van der Waals surface area (Å²) in [5, 5.41) is 0. The SMILES string of the molecule is Cc1ccc(C2=C3C(=O)N(C(=O)OC(C)(C)C)C(c4ccc(C)s4)=C3C(=O)N2C(=O)OC(C)(C)C)s1. The van der Waals surface area contributed by atoms with Gasteiger partial charge in [-0.15, -0.1) is 22.7 Å². The van der Waals surface area contributed by atoms with Crippen LogP contribution in [0.5, 0.6) is 0 Å². The van der Waals surface area contributed by atoms with Gasteiger partial charge in [0.1, 0.15) is 11.2 Å². The van der Waals surface area contributed by atoms with Crippen LogP contribution in [-0.4, -0.2) is 45.0 Å². The molecule has 4 heterocycles. The molecule has 0 aromatic carbocycles. The maximum atomic E-state index is 13.9. The first-order chi connectivity index (χ1) is 16.6. The van der Waals surface area contributed by atoms with Crippen LogP contribution in [0.15, 0.2) is 35.4 Å². The van der Waals surface area contributed by atoms with Crippen molar-refractivity contribution in [2.45, 2.75) is 66.6 Å². The topological polar surface area (TPSA) is 93.2 Å². The summed E-state index contributed by atoms with van der Waals surface area (Å²) < 4.78 is 11.1. The Morgan fingerprint density at radius 3 is 1.25 bits per heavy atom. The Kier molecular flexibility index (Phi) is 6.25. The van der Waals surface area contributed by atoms with Crippen LogP contribution in [0.1, 0.15) is 61.1 Å². The van der Waals surface area contributed by atoms with E-state index >= 15 is 0 Å². The van der Waals surface area contributed by atoms with Crippen molar-refractivity contribution < 1.29 is 28.7 Å². The minimum atomic E-state index is -0.888. The Labute approximate surface area is 217 Å². The van der Waals surface area contributed by atoms with E-state index in [1.165, 1.54) is 22.7 Å². The van der Waals surface area contributed by atoms with E-state index in [0.717, 1.165) is 19.6 Å². The molecule has 0 spiro atoms. The van der Waals surface area contributed by atoms with Gasteiger partial charge in [-0.2, -0.15) is 0 Å². The molecule has 2 aliphatic heterocycles. The fourth-order valence-corrected chi connectivity index (χ4v) is 5.68. The van der Waals surface area contributed by atoms with E-state index in [1.54, 1.807) is 53.7 Å². The zero-order valence-electron chi connectivity index (χ0n) is 21.5. The standard InChI is InChI=1S/C26H28N2O6S2/c1-13-9-11-15(35-13)19-17-18(22(30)27(19)23(31)33-25(3,4)5)20(16-12-10-14(2)36-16)28(21(17)29)24(32)34-26(6,7)8/h9-12H,1-8H3. The lowest BCUT2D eigenvalue weighted by molar-refractivity contribution is -0.123. The maximum Gasteiger partial charge on any atom is 0.422 e. The lowest BCUT2D eigenvalue weighted by atomic mass is 10.1. The summed E-state index contributed by atoms with van der Waals surface area (Å²) in [4.78, 5) is 59.1. The Balaban J connectivity index is 1.99. The van der Waals surface area contributed by atoms with Crippen molar-refractivity contribution in [3.63, 3.8) is 0 Å². The first kappa shape index (κ1) is 25.8. The molecule has 0 saturated heterocycles. The van der Waals surface area contributed by atoms with Gasteiger partial charge in [0.25, 0.3) is 11.8 Å². The molecule has 0 radical (unpaired) electrons. The molecule has 4 rings (SSSR count). The van der Waals surface area contributed by atoms with Crippen molar-refractivity contribution in [1.29, 1.82) is 0 Å². The van der Waals surface area contributed by atoms with Crippen LogP contribution in [0, 0.1) is 13.8 Å². The number of carbonyl (C=O) groups is 4. The molecule has 0 atom stereocenters. The van der Waals surface area contributed by atoms with Crippen molar-refractivity contribution in [3.8, 4) is 0 Å². The first-order valence-corrected chi connectivity index (χ1v) is 13.0. The van der Waals surface area contributed by atoms with Crippen LogP contribution in [0.25, 0.3) is 11.4 Å². The number of fused-ring (bicyclic) bond motifs is 1. The van der Waals surface area contributed by atoms with Gasteiger partial charge in [-0.1, -0.05) is 0 Å². The average molecular weight is 529 g/mol. The highest BCUT2D eigenvalue weighted by Gasteiger charge is 2.54. The molecule has 4 amide bonds. The predicted octanol–water partition coefficient (Wildman–Crippen LogP) is 6.10. The number of imide groups is 2. The van der Waals surface area contributed by atoms with Crippen molar-refractivity contribution >= 4 is 58.1 Å². The summed E-state index contributed by atoms with van der Waals surface area (Å²) in [6.07, 6.45) is -1.78. The highest BCUT2D eigenvalue weighted by atomic mass is 32.1. The molecule has 2 aromatic rings. The fourth-order valence-electron chi connectivity index (χ4n) is 3.86. The molecule has 0 saturated carbocycles. The van der Waals surface area contributed by atoms with Crippen LogP contribution in [0.3, 0.4) is 0 Å². The minimum Gasteiger partial charge on any atom is -0.443 e. The molecule has 0 N–H and O–H groups in total. The van der Waals surface area contributed by atoms with Crippen molar-refractivity contribution in [2.75, 3.05) is 0 Å². The van der Waals surface area contributed by atoms with Gasteiger partial charge in [-0.25, -0.2) is 19.4 Å². The van der Waals surface area contributed by atoms with Gasteiger partial charge >= 0.3 is 12.2 Å². The van der Waals surface area contributed by atoms with Gasteiger partial charge in [0.05, 0.1) is 32.3 Å². The number of amides is 4. The molecule has 0 unspecified atom stereocenters. The molecule has 10 heteroatoms. The molecule has 190 valence electrons. The van der Waals surface area contributed by atoms with Gasteiger partial charge in [0.2, 0.25) is 0 Å². The number of hydrogen-bond donors (Lipinski definition) is 0. The lowest BCUT2D eigenvalue weighted by Gasteiger charge is -2.27. The molecule has 2 aliphatic rings. The summed E-state index contributed by atoms with van der Waals surface area (Å²) in [7, 11) is 0. The first-order valence-electron chi connectivity index (χ1n) is 11.4. The van der Waals surface area contributed by atoms with Crippen LogP contribution < -0.4 is 0 Å². The third-order valence-electron chi connectivity index (χ3n) is 5.10. The van der Waals surface area contributed by atoms with Crippen LogP contribution >= 0.6 is 22.7 Å². The van der Waals surface area contributed by atoms with Crippen molar-refractivity contribution in [1.82, 2.24) is 9.80 Å². The summed E-state index contributed by atoms with van der Waals surface area (Å²) in [5.74, 6) is -1.44. The number of nitrogens with zero attached hydrogens (tertiary/aromatic N) is 2. The normalized spacial score (nSPS) is 16.3. The third-order valence-corrected chi connectivity index (χ3v) is 7.12. The Morgan fingerprint density at radius 2 is 1.00 bits per heavy atom. The fraction of sp³-hybridized carbons (Fsp3) is 0.385. The summed E-state index contributed by atoms with van der Waals surface area (Å²) in [5.41, 5.74) is -1.54. The molecular formula is C26H28N2O6S2. The Bertz CT molecular complexity index is 1260. The number of ether oxygens (including phenoxy) is 2. The number of thiophene rings is 2. The van der Waals surface area contributed by atoms with Gasteiger partial charge in [-0.3, -0.25) is 9.59 Å². The second-order valence-electron chi connectivity index (χ2n) is 10.5. The summed E-state index contributed by atoms with van der Waals surface area (Å²) >= 11 is 2.66. The van der Waals surface area contributed by atoms with E-state index in [1.807, 2.05) is 26.0 Å². The molecule has 0 fully saturated rings. The molecule has 36 heavy (non-hydrogen) atoms. The van der Waals surface area contributed by atoms with Crippen molar-refractivity contribution in [2.24, 2.45) is 0 Å². The quantitative estimate of drug-likeness (QED) is 0.467. The highest BCUT2D eigenvalue weighted by Crippen LogP contribution is 2.49. The smallest absolute Gasteiger partial charge is 0.422 e. The molecule has 0 aliphatic carbocycles. The number of rotatable bonds is 2. The van der Waals surface area contributed by atoms with E-state index in [9.17, 15) is 19.2 Å². The number of hydrogen-bond acceptors (Lipinski definition) is 8. The van der Waals surface area contributed by atoms with E-state index < -0.39 is 35.2 Å². The van der Waals surface area contributed by atoms with E-state index in [4.69, 9.17) is 9.47 Å². The Hall–Kier alpha value is -3.24. The zero-order chi connectivity index (χ0) is 26.7. The van der Waals surface area contributed by atoms with Gasteiger partial charge in [0.15, 0.2) is 0 Å². The average Bonchev–Trinajstić information content (AvgIpc) is 3.44. The van der Waals surface area contributed by atoms with E-state index in [-0.39, 0.29) is 22.5 Å². The van der Waals surface area contributed by atoms with Crippen LogP contribution in [-0.2, 0) is 19.1 Å². The third kappa shape index (κ3) is 4.62. The lowest BCUT2D eigenvalue weighted by Crippen LogP contribution is -2.40. The van der Waals surface area contributed by atoms with Crippen molar-refractivity contribution in [3.05, 3.63) is 54.9 Å². The second kappa shape index (κ2) is 8.70. The summed E-state index contributed by atoms with van der Waals surface area (Å²) in [6, 6.07) is 7.16. The zero-order valence-corrected chi connectivity index (χ0v) is 23.1. The molecule has 8 nitrogen and oxygen atoms in total. The maximum absolute atomic E-state index is 13.9. The van der Waals surface area contributed by atoms with Gasteiger partial charge in [0, 0.05) is 9.75 Å². The van der Waals surface area contributed by atoms with Gasteiger partial charge < -0.3 is 9.47 Å². The number of aryl methyl sites for hydroxylation is 2. The van der Waals surface area contributed by atoms with Crippen LogP contribution in [0.4, 0.5) is 9.59 Å². The predicted molar refractivity (Wildman–Crippen MR) is 138 cm³/mol. The summed E-state index contributed by atoms with van der Waals surface area (Å²) in [6.45, 7) is 13.9. The minimum absolute atomic E-state index is 0.0142. The van der Waals surface area contributed by atoms with E-state index in [0.29, 0.717) is 9.75 Å². The molecular weight excluding hydrogens is 500 g/mol. The monoisotopic (exact) mass is 528 g/mol. The Morgan fingerprint density at radius 1 is 0.667 bits per heavy atom. The molecule has 0 bridgehead atoms. The largest absolute Gasteiger partial charge is 0.443 e. The number of carbonyl (C=O) groups excluding carboxylic acids is 4. The van der Waals surface area contributed by atoms with E-state index in [2.05, 4.69) is 0 Å². The molecule has 2 aromatic heterocycles. The second-order valence-corrected chi connectivity index (χ2v) is 13.1.